The zero-order valence-corrected chi connectivity index (χ0v) is 10.8. The van der Waals surface area contributed by atoms with E-state index in [4.69, 9.17) is 0 Å². The first kappa shape index (κ1) is 20.7. The first-order valence-corrected chi connectivity index (χ1v) is 3.42. The molecule has 0 unspecified atom stereocenters. The van der Waals surface area contributed by atoms with Crippen LogP contribution in [0.25, 0.3) is 0 Å². The summed E-state index contributed by atoms with van der Waals surface area (Å²) in [5.41, 5.74) is 0. The Morgan fingerprint density at radius 1 is 0.812 bits per heavy atom. The molecule has 0 spiro atoms. The normalized spacial score (nSPS) is 13.2. The van der Waals surface area contributed by atoms with Gasteiger partial charge in [0.25, 0.3) is 0 Å². The van der Waals surface area contributed by atoms with Crippen LogP contribution in [0.2, 0.25) is 0 Å². The monoisotopic (exact) mass is 303 g/mol. The van der Waals surface area contributed by atoms with E-state index >= 15 is 0 Å². The summed E-state index contributed by atoms with van der Waals surface area (Å²) in [6.07, 6.45) is 0.748. The number of imide groups is 1. The van der Waals surface area contributed by atoms with Gasteiger partial charge in [0.2, 0.25) is 11.8 Å². The van der Waals surface area contributed by atoms with Crippen LogP contribution in [0.4, 0.5) is 26.3 Å². The van der Waals surface area contributed by atoms with Crippen molar-refractivity contribution in [1.82, 2.24) is 5.32 Å². The minimum Gasteiger partial charge on any atom is -0.296 e. The van der Waals surface area contributed by atoms with Crippen LogP contribution in [0.5, 0.6) is 0 Å². The average Bonchev–Trinajstić information content (AvgIpc) is 2.31. The molecule has 1 N–H and O–H groups in total. The molecular weight excluding hydrogens is 297 g/mol. The van der Waals surface area contributed by atoms with Gasteiger partial charge in [0, 0.05) is 32.3 Å². The van der Waals surface area contributed by atoms with Crippen LogP contribution in [0.3, 0.4) is 0 Å². The van der Waals surface area contributed by atoms with Gasteiger partial charge in [-0.1, -0.05) is 0 Å². The van der Waals surface area contributed by atoms with Gasteiger partial charge < -0.3 is 0 Å². The first-order chi connectivity index (χ1) is 6.75. The predicted molar refractivity (Wildman–Crippen MR) is 36.6 cm³/mol. The first-order valence-electron chi connectivity index (χ1n) is 3.42. The summed E-state index contributed by atoms with van der Waals surface area (Å²) in [4.78, 5) is 20.2. The van der Waals surface area contributed by atoms with E-state index in [1.807, 2.05) is 0 Å². The molecule has 16 heavy (non-hydrogen) atoms. The van der Waals surface area contributed by atoms with Gasteiger partial charge in [0.05, 0.1) is 0 Å². The Morgan fingerprint density at radius 3 is 1.06 bits per heavy atom. The number of carbonyl (C=O) groups excluding carboxylic acids is 2. The molecule has 2 amide bonds. The molecule has 1 saturated heterocycles. The van der Waals surface area contributed by atoms with E-state index in [0.29, 0.717) is 12.8 Å². The summed E-state index contributed by atoms with van der Waals surface area (Å²) in [6.45, 7) is -7.33. The number of halogens is 6. The Bertz CT molecular complexity index is 178. The molecule has 92 valence electrons. The van der Waals surface area contributed by atoms with Crippen LogP contribution in [-0.4, -0.2) is 25.2 Å². The second-order valence-electron chi connectivity index (χ2n) is 1.97. The molecule has 1 aliphatic heterocycles. The zero-order chi connectivity index (χ0) is 12.4. The second-order valence-corrected chi connectivity index (χ2v) is 1.97. The van der Waals surface area contributed by atoms with E-state index in [0.717, 1.165) is 0 Å². The van der Waals surface area contributed by atoms with Crippen molar-refractivity contribution in [3.63, 3.8) is 0 Å². The van der Waals surface area contributed by atoms with Gasteiger partial charge >= 0.3 is 13.4 Å². The van der Waals surface area contributed by atoms with Crippen LogP contribution in [0.1, 0.15) is 12.8 Å². The van der Waals surface area contributed by atoms with Crippen LogP contribution >= 0.6 is 0 Å². The molecule has 0 atom stereocenters. The summed E-state index contributed by atoms with van der Waals surface area (Å²) in [7, 11) is 0. The molecular formula is C6H7F6NO2Zn. The van der Waals surface area contributed by atoms with Crippen molar-refractivity contribution < 1.29 is 55.4 Å². The van der Waals surface area contributed by atoms with Gasteiger partial charge in [0.15, 0.2) is 0 Å². The van der Waals surface area contributed by atoms with Crippen LogP contribution in [0.15, 0.2) is 0 Å². The molecule has 1 heterocycles. The average molecular weight is 305 g/mol. The van der Waals surface area contributed by atoms with Gasteiger partial charge in [-0.05, 0) is 0 Å². The van der Waals surface area contributed by atoms with E-state index in [9.17, 15) is 35.9 Å². The number of alkyl halides is 6. The molecule has 0 aliphatic carbocycles. The number of amides is 2. The standard InChI is InChI=1S/C4H5NO2.2CHF3.Zn/c6-3-1-2-4(7)5-3;2*2-1(3)4;/h1-2H2,(H,5,6,7);2*1H;. The smallest absolute Gasteiger partial charge is 0.296 e. The number of hydrogen-bond donors (Lipinski definition) is 1. The Morgan fingerprint density at radius 2 is 1.00 bits per heavy atom. The van der Waals surface area contributed by atoms with Gasteiger partial charge in [-0.3, -0.25) is 14.9 Å². The van der Waals surface area contributed by atoms with Gasteiger partial charge in [-0.25, -0.2) is 0 Å². The topological polar surface area (TPSA) is 46.2 Å². The molecule has 1 fully saturated rings. The van der Waals surface area contributed by atoms with Crippen molar-refractivity contribution in [2.75, 3.05) is 0 Å². The van der Waals surface area contributed by atoms with E-state index in [-0.39, 0.29) is 31.3 Å². The summed E-state index contributed by atoms with van der Waals surface area (Å²) in [5.74, 6) is -0.296. The van der Waals surface area contributed by atoms with Crippen molar-refractivity contribution in [2.24, 2.45) is 0 Å². The molecule has 1 rings (SSSR count). The van der Waals surface area contributed by atoms with E-state index < -0.39 is 13.4 Å². The minimum atomic E-state index is -3.67. The van der Waals surface area contributed by atoms with E-state index in [2.05, 4.69) is 5.32 Å². The molecule has 3 nitrogen and oxygen atoms in total. The Kier molecular flexibility index (Phi) is 16.1. The summed E-state index contributed by atoms with van der Waals surface area (Å²) < 4.78 is 58.0. The number of rotatable bonds is 0. The molecule has 0 aromatic heterocycles. The van der Waals surface area contributed by atoms with Gasteiger partial charge in [0.1, 0.15) is 0 Å². The molecule has 10 heteroatoms. The largest absolute Gasteiger partial charge is 0.379 e. The molecule has 0 radical (unpaired) electrons. The van der Waals surface area contributed by atoms with Crippen LogP contribution < -0.4 is 5.32 Å². The maximum atomic E-state index is 10.1. The number of hydrogen-bond acceptors (Lipinski definition) is 2. The Hall–Kier alpha value is -0.657. The minimum absolute atomic E-state index is 0. The zero-order valence-electron chi connectivity index (χ0n) is 7.86. The fourth-order valence-corrected chi connectivity index (χ4v) is 0.508. The summed E-state index contributed by atoms with van der Waals surface area (Å²) in [5, 5.41) is 2.14. The van der Waals surface area contributed by atoms with Crippen LogP contribution in [0, 0.1) is 0 Å². The summed E-state index contributed by atoms with van der Waals surface area (Å²) in [6, 6.07) is 0. The van der Waals surface area contributed by atoms with Crippen molar-refractivity contribution >= 4 is 11.8 Å². The third kappa shape index (κ3) is 29.2. The number of nitrogens with one attached hydrogen (secondary N) is 1. The maximum Gasteiger partial charge on any atom is 0.379 e. The number of carbonyl (C=O) groups is 2. The van der Waals surface area contributed by atoms with Crippen molar-refractivity contribution in [3.8, 4) is 0 Å². The Labute approximate surface area is 99.3 Å². The van der Waals surface area contributed by atoms with Gasteiger partial charge in [-0.15, -0.1) is 0 Å². The fourth-order valence-electron chi connectivity index (χ4n) is 0.508. The molecule has 0 saturated carbocycles. The van der Waals surface area contributed by atoms with Crippen molar-refractivity contribution in [1.29, 1.82) is 0 Å². The quantitative estimate of drug-likeness (QED) is 0.421. The maximum absolute atomic E-state index is 10.1. The predicted octanol–water partition coefficient (Wildman–Crippen LogP) is 1.78. The third-order valence-electron chi connectivity index (χ3n) is 0.858. The van der Waals surface area contributed by atoms with Crippen LogP contribution in [-0.2, 0) is 29.1 Å². The fraction of sp³-hybridized carbons (Fsp3) is 0.667. The molecule has 0 aromatic carbocycles. The van der Waals surface area contributed by atoms with Gasteiger partial charge in [-0.2, -0.15) is 26.3 Å². The van der Waals surface area contributed by atoms with Crippen molar-refractivity contribution in [3.05, 3.63) is 0 Å². The Balaban J connectivity index is -0.000000166. The second kappa shape index (κ2) is 12.4. The van der Waals surface area contributed by atoms with E-state index in [1.54, 1.807) is 0 Å². The summed E-state index contributed by atoms with van der Waals surface area (Å²) >= 11 is 0. The van der Waals surface area contributed by atoms with E-state index in [1.165, 1.54) is 0 Å². The molecule has 1 aliphatic rings. The molecule has 0 bridgehead atoms. The SMILES string of the molecule is FC(F)F.FC(F)F.O=C1CCC(=O)N1.[Zn]. The third-order valence-corrected chi connectivity index (χ3v) is 0.858. The molecule has 0 aromatic rings. The van der Waals surface area contributed by atoms with Crippen molar-refractivity contribution in [2.45, 2.75) is 26.2 Å².